The number of hydrogen-bond acceptors (Lipinski definition) is 5. The Hall–Kier alpha value is -1.08. The molecule has 3 N–H and O–H groups in total. The zero-order valence-electron chi connectivity index (χ0n) is 19.3. The molecule has 0 aliphatic heterocycles. The van der Waals surface area contributed by atoms with Crippen LogP contribution >= 0.6 is 15.2 Å². The van der Waals surface area contributed by atoms with Gasteiger partial charge in [0.1, 0.15) is 5.60 Å². The molecule has 178 valence electrons. The topological polar surface area (TPSA) is 147 Å². The summed E-state index contributed by atoms with van der Waals surface area (Å²) in [7, 11) is -10.1. The number of rotatable bonds is 10. The fourth-order valence-corrected chi connectivity index (χ4v) is 10.0. The second-order valence-electron chi connectivity index (χ2n) is 9.15. The van der Waals surface area contributed by atoms with Gasteiger partial charge >= 0.3 is 15.2 Å². The summed E-state index contributed by atoms with van der Waals surface area (Å²) in [6.07, 6.45) is 0. The van der Waals surface area contributed by atoms with Crippen LogP contribution in [0.2, 0.25) is 0 Å². The molecule has 0 heterocycles. The number of nitro groups is 1. The normalized spacial score (nSPS) is 15.7. The minimum atomic E-state index is -5.13. The highest BCUT2D eigenvalue weighted by molar-refractivity contribution is 7.73. The van der Waals surface area contributed by atoms with E-state index in [1.807, 2.05) is 0 Å². The minimum absolute atomic E-state index is 0.147. The van der Waals surface area contributed by atoms with Crippen molar-refractivity contribution in [2.45, 2.75) is 65.9 Å². The zero-order chi connectivity index (χ0) is 24.6. The second kappa shape index (κ2) is 9.42. The molecule has 1 atom stereocenters. The predicted molar refractivity (Wildman–Crippen MR) is 120 cm³/mol. The molecule has 0 saturated heterocycles. The fraction of sp³-hybridized carbons (Fsp3) is 0.700. The van der Waals surface area contributed by atoms with Crippen LogP contribution in [0.1, 0.15) is 61.0 Å². The molecular weight excluding hydrogens is 444 g/mol. The first-order chi connectivity index (χ1) is 13.9. The average molecular weight is 479 g/mol. The third kappa shape index (κ3) is 4.68. The minimum Gasteiger partial charge on any atom is -0.324 e. The van der Waals surface area contributed by atoms with Gasteiger partial charge in [0.2, 0.25) is 0 Å². The number of nitrogens with zero attached hydrogens (tertiary/aromatic N) is 1. The van der Waals surface area contributed by atoms with Crippen LogP contribution in [-0.4, -0.2) is 24.5 Å². The van der Waals surface area contributed by atoms with Crippen LogP contribution < -0.4 is 0 Å². The Morgan fingerprint density at radius 2 is 1.23 bits per heavy atom. The molecule has 0 saturated carbocycles. The maximum atomic E-state index is 13.9. The van der Waals surface area contributed by atoms with Crippen LogP contribution in [0.4, 0.5) is 5.69 Å². The molecule has 1 rings (SSSR count). The first kappa shape index (κ1) is 28.0. The lowest BCUT2D eigenvalue weighted by Gasteiger charge is -2.49. The van der Waals surface area contributed by atoms with Crippen molar-refractivity contribution in [1.82, 2.24) is 0 Å². The third-order valence-corrected chi connectivity index (χ3v) is 12.1. The van der Waals surface area contributed by atoms with E-state index >= 15 is 0 Å². The molecule has 0 aliphatic rings. The summed E-state index contributed by atoms with van der Waals surface area (Å²) in [5, 5.41) is 11.1. The van der Waals surface area contributed by atoms with Gasteiger partial charge in [0.15, 0.2) is 4.90 Å². The molecule has 0 fully saturated rings. The van der Waals surface area contributed by atoms with Gasteiger partial charge in [0, 0.05) is 12.1 Å². The van der Waals surface area contributed by atoms with Crippen molar-refractivity contribution in [2.75, 3.05) is 0 Å². The molecule has 0 radical (unpaired) electrons. The van der Waals surface area contributed by atoms with Gasteiger partial charge in [-0.1, -0.05) is 55.4 Å². The highest BCUT2D eigenvalue weighted by atomic mass is 31.2. The molecule has 0 amide bonds. The maximum Gasteiger partial charge on any atom is 0.347 e. The third-order valence-electron chi connectivity index (χ3n) is 6.14. The van der Waals surface area contributed by atoms with E-state index in [0.717, 1.165) is 0 Å². The van der Waals surface area contributed by atoms with E-state index in [2.05, 4.69) is 0 Å². The molecule has 9 nitrogen and oxygen atoms in total. The monoisotopic (exact) mass is 479 g/mol. The maximum absolute atomic E-state index is 13.9. The molecule has 0 aromatic heterocycles. The van der Waals surface area contributed by atoms with E-state index in [1.165, 1.54) is 52.0 Å². The molecule has 1 unspecified atom stereocenters. The van der Waals surface area contributed by atoms with Crippen LogP contribution in [0, 0.1) is 33.8 Å². The summed E-state index contributed by atoms with van der Waals surface area (Å²) in [5.74, 6) is -2.55. The largest absolute Gasteiger partial charge is 0.347 e. The summed E-state index contributed by atoms with van der Waals surface area (Å²) in [6, 6.07) is 5.48. The van der Waals surface area contributed by atoms with E-state index in [-0.39, 0.29) is 5.69 Å². The highest BCUT2D eigenvalue weighted by Gasteiger charge is 2.67. The summed E-state index contributed by atoms with van der Waals surface area (Å²) in [4.78, 5) is 40.0. The highest BCUT2D eigenvalue weighted by Crippen LogP contribution is 2.78. The van der Waals surface area contributed by atoms with Crippen LogP contribution in [0.3, 0.4) is 0 Å². The van der Waals surface area contributed by atoms with Gasteiger partial charge in [-0.2, -0.15) is 0 Å². The Labute approximate surface area is 184 Å². The summed E-state index contributed by atoms with van der Waals surface area (Å²) >= 11 is 0. The Morgan fingerprint density at radius 3 is 1.48 bits per heavy atom. The number of benzene rings is 1. The van der Waals surface area contributed by atoms with Crippen LogP contribution in [-0.2, 0) is 19.3 Å². The number of non-ortho nitro benzene ring substituents is 1. The molecule has 0 aliphatic carbocycles. The van der Waals surface area contributed by atoms with Gasteiger partial charge in [0.25, 0.3) is 5.69 Å². The molecule has 0 bridgehead atoms. The van der Waals surface area contributed by atoms with Crippen molar-refractivity contribution in [2.24, 2.45) is 23.7 Å². The number of nitro benzene ring substituents is 1. The lowest BCUT2D eigenvalue weighted by Crippen LogP contribution is -2.46. The molecule has 1 aromatic rings. The van der Waals surface area contributed by atoms with E-state index < -0.39 is 54.3 Å². The summed E-state index contributed by atoms with van der Waals surface area (Å²) in [5.41, 5.74) is -1.15. The zero-order valence-corrected chi connectivity index (χ0v) is 21.1. The van der Waals surface area contributed by atoms with Crippen LogP contribution in [0.5, 0.6) is 0 Å². The van der Waals surface area contributed by atoms with E-state index in [4.69, 9.17) is 4.52 Å². The summed E-state index contributed by atoms with van der Waals surface area (Å²) < 4.78 is 32.5. The van der Waals surface area contributed by atoms with E-state index in [1.54, 1.807) is 27.7 Å². The van der Waals surface area contributed by atoms with E-state index in [0.29, 0.717) is 5.56 Å². The quantitative estimate of drug-likeness (QED) is 0.227. The number of hydrogen-bond donors (Lipinski definition) is 3. The van der Waals surface area contributed by atoms with Crippen molar-refractivity contribution in [1.29, 1.82) is 0 Å². The molecule has 31 heavy (non-hydrogen) atoms. The lowest BCUT2D eigenvalue weighted by atomic mass is 9.75. The smallest absolute Gasteiger partial charge is 0.324 e. The van der Waals surface area contributed by atoms with Gasteiger partial charge in [-0.25, -0.2) is 0 Å². The average Bonchev–Trinajstić information content (AvgIpc) is 2.57. The molecule has 11 heteroatoms. The van der Waals surface area contributed by atoms with Crippen LogP contribution in [0.25, 0.3) is 0 Å². The summed E-state index contributed by atoms with van der Waals surface area (Å²) in [6.45, 7) is 13.0. The van der Waals surface area contributed by atoms with Gasteiger partial charge in [-0.05, 0) is 41.4 Å². The van der Waals surface area contributed by atoms with Crippen molar-refractivity contribution in [3.8, 4) is 0 Å². The molecule has 1 aromatic carbocycles. The van der Waals surface area contributed by atoms with Gasteiger partial charge in [-0.15, -0.1) is 0 Å². The second-order valence-corrected chi connectivity index (χ2v) is 13.3. The van der Waals surface area contributed by atoms with Gasteiger partial charge < -0.3 is 14.7 Å². The molecule has 0 spiro atoms. The Bertz CT molecular complexity index is 858. The first-order valence-corrected chi connectivity index (χ1v) is 13.4. The Kier molecular flexibility index (Phi) is 8.49. The standard InChI is InChI=1S/C20H35NO8P2/c1-13(2)19(14(3)4,17-9-11-18(12-10-17)21(22)23)29-31(27,28)20(15(5)6,16(7)8)30(24,25)26/h9-16H,1-8H3,(H,27,28)(H2,24,25,26). The van der Waals surface area contributed by atoms with Crippen LogP contribution in [0.15, 0.2) is 24.3 Å². The lowest BCUT2D eigenvalue weighted by molar-refractivity contribution is -0.384. The van der Waals surface area contributed by atoms with Crippen molar-refractivity contribution in [3.63, 3.8) is 0 Å². The van der Waals surface area contributed by atoms with Crippen molar-refractivity contribution >= 4 is 20.9 Å². The van der Waals surface area contributed by atoms with Crippen molar-refractivity contribution in [3.05, 3.63) is 39.9 Å². The van der Waals surface area contributed by atoms with Gasteiger partial charge in [-0.3, -0.25) is 23.8 Å². The Morgan fingerprint density at radius 1 is 0.839 bits per heavy atom. The van der Waals surface area contributed by atoms with Gasteiger partial charge in [0.05, 0.1) is 4.92 Å². The van der Waals surface area contributed by atoms with E-state index in [9.17, 15) is 33.9 Å². The Balaban J connectivity index is 3.85. The fourth-order valence-electron chi connectivity index (χ4n) is 4.87. The molecular formula is C20H35NO8P2. The van der Waals surface area contributed by atoms with Crippen molar-refractivity contribution < 1.29 is 33.3 Å². The SMILES string of the molecule is CC(C)C(OP(=O)(O)C(C(C)C)(C(C)C)P(=O)(O)O)(c1ccc([N+](=O)[O-])cc1)C(C)C. The first-order valence-electron chi connectivity index (χ1n) is 10.2. The predicted octanol–water partition coefficient (Wildman–Crippen LogP) is 5.49.